The van der Waals surface area contributed by atoms with E-state index in [1.807, 2.05) is 0 Å². The fourth-order valence-corrected chi connectivity index (χ4v) is 6.30. The molecule has 1 aliphatic carbocycles. The Morgan fingerprint density at radius 2 is 1.61 bits per heavy atom. The second-order valence-electron chi connectivity index (χ2n) is 11.4. The zero-order chi connectivity index (χ0) is 29.2. The predicted molar refractivity (Wildman–Crippen MR) is 133 cm³/mol. The molecule has 1 saturated carbocycles. The highest BCUT2D eigenvalue weighted by molar-refractivity contribution is 8.16. The van der Waals surface area contributed by atoms with Gasteiger partial charge in [-0.3, -0.25) is 14.9 Å². The highest BCUT2D eigenvalue weighted by Crippen LogP contribution is 2.70. The predicted octanol–water partition coefficient (Wildman–Crippen LogP) is 5.45. The Hall–Kier alpha value is -3.29. The summed E-state index contributed by atoms with van der Waals surface area (Å²) in [5.74, 6) is -6.05. The summed E-state index contributed by atoms with van der Waals surface area (Å²) in [7, 11) is 0. The van der Waals surface area contributed by atoms with Crippen LogP contribution in [0.1, 0.15) is 61.0 Å². The monoisotopic (exact) mass is 557 g/mol. The van der Waals surface area contributed by atoms with E-state index in [0.717, 1.165) is 6.07 Å². The molecule has 1 N–H and O–H groups in total. The Morgan fingerprint density at radius 1 is 1.11 bits per heavy atom. The fourth-order valence-electron chi connectivity index (χ4n) is 4.62. The van der Waals surface area contributed by atoms with Crippen molar-refractivity contribution >= 4 is 40.8 Å². The lowest BCUT2D eigenvalue weighted by Gasteiger charge is -2.36. The van der Waals surface area contributed by atoms with Crippen LogP contribution in [0.5, 0.6) is 0 Å². The van der Waals surface area contributed by atoms with Crippen molar-refractivity contribution in [2.24, 2.45) is 16.8 Å². The van der Waals surface area contributed by atoms with Gasteiger partial charge in [-0.2, -0.15) is 4.90 Å². The number of hydrogen-bond acceptors (Lipinski definition) is 9. The molecule has 38 heavy (non-hydrogen) atoms. The Balaban J connectivity index is 2.30. The summed E-state index contributed by atoms with van der Waals surface area (Å²) < 4.78 is 38.7. The third kappa shape index (κ3) is 5.05. The number of non-ortho nitro benzene ring substituents is 1. The van der Waals surface area contributed by atoms with Crippen LogP contribution in [0.15, 0.2) is 17.1 Å². The van der Waals surface area contributed by atoms with E-state index in [9.17, 15) is 34.0 Å². The third-order valence-electron chi connectivity index (χ3n) is 6.17. The van der Waals surface area contributed by atoms with Crippen molar-refractivity contribution in [2.75, 3.05) is 0 Å². The van der Waals surface area contributed by atoms with Gasteiger partial charge in [-0.1, -0.05) is 18.7 Å². The van der Waals surface area contributed by atoms with Crippen LogP contribution >= 0.6 is 11.8 Å². The first-order chi connectivity index (χ1) is 17.2. The molecule has 1 aromatic rings. The van der Waals surface area contributed by atoms with Crippen LogP contribution in [0, 0.1) is 33.6 Å². The summed E-state index contributed by atoms with van der Waals surface area (Å²) >= 11 is 0.583. The van der Waals surface area contributed by atoms with E-state index in [2.05, 4.69) is 4.99 Å². The quantitative estimate of drug-likeness (QED) is 0.378. The number of aliphatic carboxylic acids is 1. The van der Waals surface area contributed by atoms with Crippen LogP contribution in [0.3, 0.4) is 0 Å². The molecule has 208 valence electrons. The van der Waals surface area contributed by atoms with Gasteiger partial charge in [0.05, 0.1) is 16.5 Å². The number of aliphatic imine (C=N–C) groups is 1. The SMILES string of the molecule is CC1[C@H]2[C@@](C)(c3cc([N+](=O)[O-])cc(F)c3F)N=C(N(C(=O)OC(C)(C)C)C(=O)OC(C)(C)C)S[C@@]12C(=O)O. The number of amidine groups is 1. The van der Waals surface area contributed by atoms with Crippen molar-refractivity contribution in [1.82, 2.24) is 4.90 Å². The number of nitro groups is 1. The number of benzene rings is 1. The van der Waals surface area contributed by atoms with Crippen LogP contribution in [0.4, 0.5) is 24.1 Å². The van der Waals surface area contributed by atoms with Gasteiger partial charge in [0.15, 0.2) is 16.8 Å². The van der Waals surface area contributed by atoms with Gasteiger partial charge in [0.1, 0.15) is 15.9 Å². The molecule has 0 bridgehead atoms. The molecule has 2 aliphatic rings. The molecule has 0 spiro atoms. The minimum Gasteiger partial charge on any atom is -0.480 e. The minimum atomic E-state index is -1.93. The number of thioether (sulfide) groups is 1. The molecule has 1 fully saturated rings. The second-order valence-corrected chi connectivity index (χ2v) is 12.6. The number of carboxylic acid groups (broad SMARTS) is 1. The number of ether oxygens (including phenoxy) is 2. The molecule has 0 aromatic heterocycles. The molecule has 1 heterocycles. The number of nitrogens with zero attached hydrogens (tertiary/aromatic N) is 3. The number of nitro benzene ring substituents is 1. The van der Waals surface area contributed by atoms with Crippen LogP contribution < -0.4 is 0 Å². The zero-order valence-corrected chi connectivity index (χ0v) is 22.9. The Morgan fingerprint density at radius 3 is 2.03 bits per heavy atom. The van der Waals surface area contributed by atoms with E-state index in [4.69, 9.17) is 9.47 Å². The maximum Gasteiger partial charge on any atom is 0.426 e. The summed E-state index contributed by atoms with van der Waals surface area (Å²) in [4.78, 5) is 54.2. The summed E-state index contributed by atoms with van der Waals surface area (Å²) in [6, 6.07) is 1.18. The molecule has 14 heteroatoms. The minimum absolute atomic E-state index is 0.402. The average Bonchev–Trinajstić information content (AvgIpc) is 3.33. The normalized spacial score (nSPS) is 26.5. The number of hydrogen-bond donors (Lipinski definition) is 1. The standard InChI is InChI=1S/C24H29F2N3O8S/c1-11-16-23(8,13-9-12(29(34)35)10-14(25)15(13)26)27-18(38-24(11,16)17(30)31)28(19(32)36-21(2,3)4)20(33)37-22(5,6)7/h9-11,16H,1-8H3,(H,30,31)/t11?,16-,23+,24-/m0/s1. The van der Waals surface area contributed by atoms with Gasteiger partial charge in [-0.25, -0.2) is 23.4 Å². The summed E-state index contributed by atoms with van der Waals surface area (Å²) in [6.07, 6.45) is -2.48. The summed E-state index contributed by atoms with van der Waals surface area (Å²) in [5, 5.41) is 21.1. The van der Waals surface area contributed by atoms with E-state index in [-0.39, 0.29) is 0 Å². The van der Waals surface area contributed by atoms with Crippen molar-refractivity contribution in [3.05, 3.63) is 39.4 Å². The zero-order valence-electron chi connectivity index (χ0n) is 22.1. The Labute approximate surface area is 221 Å². The molecule has 11 nitrogen and oxygen atoms in total. The highest BCUT2D eigenvalue weighted by Gasteiger charge is 2.77. The van der Waals surface area contributed by atoms with Crippen LogP contribution in [0.25, 0.3) is 0 Å². The molecule has 4 atom stereocenters. The number of carbonyl (C=O) groups excluding carboxylic acids is 2. The molecule has 3 rings (SSSR count). The van der Waals surface area contributed by atoms with Gasteiger partial charge >= 0.3 is 18.2 Å². The number of carboxylic acids is 1. The van der Waals surface area contributed by atoms with Crippen molar-refractivity contribution in [1.29, 1.82) is 0 Å². The number of carbonyl (C=O) groups is 3. The lowest BCUT2D eigenvalue weighted by Crippen LogP contribution is -2.50. The van der Waals surface area contributed by atoms with Gasteiger partial charge in [0, 0.05) is 17.5 Å². The molecule has 0 saturated heterocycles. The first kappa shape index (κ1) is 29.3. The van der Waals surface area contributed by atoms with E-state index in [1.165, 1.54) is 48.5 Å². The lowest BCUT2D eigenvalue weighted by atomic mass is 9.84. The molecule has 0 radical (unpaired) electrons. The third-order valence-corrected chi connectivity index (χ3v) is 7.76. The van der Waals surface area contributed by atoms with Gasteiger partial charge < -0.3 is 14.6 Å². The molecular formula is C24H29F2N3O8S. The van der Waals surface area contributed by atoms with Crippen LogP contribution in [-0.4, -0.2) is 54.2 Å². The smallest absolute Gasteiger partial charge is 0.426 e. The largest absolute Gasteiger partial charge is 0.480 e. The fraction of sp³-hybridized carbons (Fsp3) is 0.583. The summed E-state index contributed by atoms with van der Waals surface area (Å²) in [5.41, 5.74) is -5.47. The average molecular weight is 558 g/mol. The first-order valence-electron chi connectivity index (χ1n) is 11.6. The van der Waals surface area contributed by atoms with E-state index < -0.39 is 84.5 Å². The van der Waals surface area contributed by atoms with Crippen molar-refractivity contribution in [3.63, 3.8) is 0 Å². The van der Waals surface area contributed by atoms with Crippen LogP contribution in [-0.2, 0) is 19.8 Å². The highest BCUT2D eigenvalue weighted by atomic mass is 32.2. The van der Waals surface area contributed by atoms with Crippen molar-refractivity contribution < 1.29 is 42.7 Å². The van der Waals surface area contributed by atoms with Gasteiger partial charge in [0.2, 0.25) is 0 Å². The van der Waals surface area contributed by atoms with Gasteiger partial charge in [0.25, 0.3) is 5.69 Å². The molecule has 1 aliphatic heterocycles. The second kappa shape index (κ2) is 9.17. The van der Waals surface area contributed by atoms with E-state index in [0.29, 0.717) is 22.7 Å². The van der Waals surface area contributed by atoms with E-state index >= 15 is 4.39 Å². The van der Waals surface area contributed by atoms with Gasteiger partial charge in [-0.15, -0.1) is 0 Å². The van der Waals surface area contributed by atoms with E-state index in [1.54, 1.807) is 6.92 Å². The number of fused-ring (bicyclic) bond motifs is 1. The van der Waals surface area contributed by atoms with Gasteiger partial charge in [-0.05, 0) is 54.4 Å². The maximum atomic E-state index is 15.2. The van der Waals surface area contributed by atoms with Crippen molar-refractivity contribution in [3.8, 4) is 0 Å². The molecule has 1 unspecified atom stereocenters. The molecule has 1 aromatic carbocycles. The first-order valence-corrected chi connectivity index (χ1v) is 12.4. The number of imide groups is 1. The number of halogens is 2. The maximum absolute atomic E-state index is 15.2. The lowest BCUT2D eigenvalue weighted by molar-refractivity contribution is -0.385. The Bertz CT molecular complexity index is 1230. The number of amides is 2. The molecular weight excluding hydrogens is 528 g/mol. The summed E-state index contributed by atoms with van der Waals surface area (Å²) in [6.45, 7) is 12.1. The number of rotatable bonds is 3. The van der Waals surface area contributed by atoms with Crippen molar-refractivity contribution in [2.45, 2.75) is 76.9 Å². The Kier molecular flexibility index (Phi) is 7.06. The topological polar surface area (TPSA) is 149 Å². The molecule has 2 amide bonds. The van der Waals surface area contributed by atoms with Crippen LogP contribution in [0.2, 0.25) is 0 Å².